The van der Waals surface area contributed by atoms with Gasteiger partial charge in [0.05, 0.1) is 42.0 Å². The number of anilines is 1. The monoisotopic (exact) mass is 435 g/mol. The topological polar surface area (TPSA) is 85.6 Å². The Hall–Kier alpha value is -2.96. The number of aliphatic hydroxyl groups excluding tert-OH is 1. The number of aliphatic hydroxyl groups is 1. The first-order chi connectivity index (χ1) is 15.5. The average molecular weight is 436 g/mol. The van der Waals surface area contributed by atoms with Crippen molar-refractivity contribution in [3.05, 3.63) is 46.8 Å². The number of pyridine rings is 1. The maximum atomic E-state index is 14.7. The minimum atomic E-state index is -0.422. The second-order valence-electron chi connectivity index (χ2n) is 9.45. The Balaban J connectivity index is 1.37. The lowest BCUT2D eigenvalue weighted by Crippen LogP contribution is -2.55. The molecule has 32 heavy (non-hydrogen) atoms. The van der Waals surface area contributed by atoms with Crippen LogP contribution in [0.2, 0.25) is 0 Å². The Morgan fingerprint density at radius 2 is 2.03 bits per heavy atom. The normalized spacial score (nSPS) is 27.7. The lowest BCUT2D eigenvalue weighted by molar-refractivity contribution is -0.0452. The second-order valence-corrected chi connectivity index (χ2v) is 9.45. The highest BCUT2D eigenvalue weighted by Gasteiger charge is 2.41. The molecule has 0 amide bonds. The number of fused-ring (bicyclic) bond motifs is 4. The summed E-state index contributed by atoms with van der Waals surface area (Å²) in [5.74, 6) is -0.422. The van der Waals surface area contributed by atoms with Gasteiger partial charge < -0.3 is 10.0 Å². The number of aromatic nitrogens is 4. The van der Waals surface area contributed by atoms with Gasteiger partial charge >= 0.3 is 0 Å². The molecule has 5 heterocycles. The van der Waals surface area contributed by atoms with E-state index in [9.17, 15) is 14.8 Å². The van der Waals surface area contributed by atoms with E-state index in [4.69, 9.17) is 5.10 Å². The standard InChI is InChI=1S/C23H26FN7O/c1-13-7-16-18(11-29(13)19-5-6-22(19)32)27-30-14(2)10-28(12-21(16)30)20-4-3-15(8-25)31-23(20)17(24)9-26-31/h3-4,9,13-14,19,22,32H,5-7,10-12H2,1-2H3/t13-,14+,19?,22?/m0/s1. The fraction of sp³-hybridized carbons (Fsp3) is 0.522. The largest absolute Gasteiger partial charge is 0.391 e. The molecule has 3 aliphatic rings. The molecule has 166 valence electrons. The van der Waals surface area contributed by atoms with Crippen LogP contribution in [0.3, 0.4) is 0 Å². The lowest BCUT2D eigenvalue weighted by atomic mass is 9.84. The van der Waals surface area contributed by atoms with Gasteiger partial charge in [0, 0.05) is 30.7 Å². The Morgan fingerprint density at radius 1 is 1.19 bits per heavy atom. The molecule has 0 spiro atoms. The van der Waals surface area contributed by atoms with Crippen LogP contribution in [0.1, 0.15) is 55.4 Å². The predicted octanol–water partition coefficient (Wildman–Crippen LogP) is 2.39. The molecule has 4 atom stereocenters. The van der Waals surface area contributed by atoms with Gasteiger partial charge in [0.25, 0.3) is 0 Å². The molecule has 0 aromatic carbocycles. The lowest BCUT2D eigenvalue weighted by Gasteiger charge is -2.46. The minimum Gasteiger partial charge on any atom is -0.391 e. The first kappa shape index (κ1) is 19.7. The smallest absolute Gasteiger partial charge is 0.171 e. The van der Waals surface area contributed by atoms with Crippen molar-refractivity contribution < 1.29 is 9.50 Å². The van der Waals surface area contributed by atoms with Crippen molar-refractivity contribution >= 4 is 11.2 Å². The molecule has 0 radical (unpaired) electrons. The summed E-state index contributed by atoms with van der Waals surface area (Å²) in [5, 5.41) is 28.6. The third-order valence-electron chi connectivity index (χ3n) is 7.52. The number of halogens is 1. The van der Waals surface area contributed by atoms with Crippen molar-refractivity contribution in [2.45, 2.75) is 70.4 Å². The Labute approximate surface area is 185 Å². The summed E-state index contributed by atoms with van der Waals surface area (Å²) in [6, 6.07) is 6.32. The van der Waals surface area contributed by atoms with Gasteiger partial charge in [-0.3, -0.25) is 9.58 Å². The highest BCUT2D eigenvalue weighted by atomic mass is 19.1. The molecular weight excluding hydrogens is 409 g/mol. The third-order valence-corrected chi connectivity index (χ3v) is 7.52. The fourth-order valence-electron chi connectivity index (χ4n) is 5.70. The van der Waals surface area contributed by atoms with Crippen LogP contribution in [0.15, 0.2) is 18.3 Å². The van der Waals surface area contributed by atoms with E-state index in [0.717, 1.165) is 37.2 Å². The summed E-state index contributed by atoms with van der Waals surface area (Å²) in [7, 11) is 0. The summed E-state index contributed by atoms with van der Waals surface area (Å²) in [5.41, 5.74) is 4.98. The molecule has 1 saturated carbocycles. The third kappa shape index (κ3) is 2.72. The van der Waals surface area contributed by atoms with Crippen LogP contribution in [0.25, 0.3) is 5.52 Å². The summed E-state index contributed by atoms with van der Waals surface area (Å²) < 4.78 is 18.2. The number of hydrogen-bond donors (Lipinski definition) is 1. The molecule has 1 N–H and O–H groups in total. The fourth-order valence-corrected chi connectivity index (χ4v) is 5.70. The van der Waals surface area contributed by atoms with Gasteiger partial charge in [-0.25, -0.2) is 8.91 Å². The summed E-state index contributed by atoms with van der Waals surface area (Å²) in [6.07, 6.45) is 3.78. The van der Waals surface area contributed by atoms with E-state index in [1.54, 1.807) is 6.07 Å². The van der Waals surface area contributed by atoms with Crippen LogP contribution in [0.4, 0.5) is 10.1 Å². The molecular formula is C23H26FN7O. The predicted molar refractivity (Wildman–Crippen MR) is 116 cm³/mol. The van der Waals surface area contributed by atoms with Crippen molar-refractivity contribution in [1.29, 1.82) is 5.26 Å². The molecule has 2 aliphatic heterocycles. The van der Waals surface area contributed by atoms with Crippen LogP contribution in [0.5, 0.6) is 0 Å². The zero-order valence-electron chi connectivity index (χ0n) is 18.2. The van der Waals surface area contributed by atoms with E-state index < -0.39 is 5.82 Å². The van der Waals surface area contributed by atoms with Crippen LogP contribution >= 0.6 is 0 Å². The summed E-state index contributed by atoms with van der Waals surface area (Å²) in [4.78, 5) is 4.58. The van der Waals surface area contributed by atoms with Crippen molar-refractivity contribution in [3.8, 4) is 6.07 Å². The van der Waals surface area contributed by atoms with Gasteiger partial charge in [0.15, 0.2) is 5.82 Å². The number of hydrogen-bond acceptors (Lipinski definition) is 6. The average Bonchev–Trinajstić information content (AvgIpc) is 3.33. The molecule has 8 nitrogen and oxygen atoms in total. The van der Waals surface area contributed by atoms with Gasteiger partial charge in [-0.05, 0) is 45.2 Å². The second kappa shape index (κ2) is 7.02. The van der Waals surface area contributed by atoms with Crippen molar-refractivity contribution in [2.24, 2.45) is 0 Å². The molecule has 0 bridgehead atoms. The molecule has 6 rings (SSSR count). The van der Waals surface area contributed by atoms with Gasteiger partial charge in [-0.15, -0.1) is 0 Å². The molecule has 1 fully saturated rings. The van der Waals surface area contributed by atoms with E-state index in [-0.39, 0.29) is 18.2 Å². The van der Waals surface area contributed by atoms with Gasteiger partial charge in [0.2, 0.25) is 0 Å². The molecule has 9 heteroatoms. The highest BCUT2D eigenvalue weighted by molar-refractivity contribution is 5.75. The highest BCUT2D eigenvalue weighted by Crippen LogP contribution is 2.38. The maximum absolute atomic E-state index is 14.7. The zero-order valence-corrected chi connectivity index (χ0v) is 18.2. The number of nitrogens with zero attached hydrogens (tertiary/aromatic N) is 7. The van der Waals surface area contributed by atoms with E-state index in [1.807, 2.05) is 6.07 Å². The summed E-state index contributed by atoms with van der Waals surface area (Å²) in [6.45, 7) is 6.47. The van der Waals surface area contributed by atoms with Crippen LogP contribution < -0.4 is 4.90 Å². The molecule has 3 aromatic rings. The Bertz CT molecular complexity index is 1260. The first-order valence-electron chi connectivity index (χ1n) is 11.3. The Morgan fingerprint density at radius 3 is 2.75 bits per heavy atom. The molecule has 0 saturated heterocycles. The number of nitriles is 1. The van der Waals surface area contributed by atoms with Gasteiger partial charge in [-0.1, -0.05) is 0 Å². The zero-order chi connectivity index (χ0) is 22.1. The van der Waals surface area contributed by atoms with Crippen LogP contribution in [0, 0.1) is 17.1 Å². The van der Waals surface area contributed by atoms with Gasteiger partial charge in [0.1, 0.15) is 17.3 Å². The minimum absolute atomic E-state index is 0.129. The summed E-state index contributed by atoms with van der Waals surface area (Å²) >= 11 is 0. The van der Waals surface area contributed by atoms with Crippen molar-refractivity contribution in [3.63, 3.8) is 0 Å². The van der Waals surface area contributed by atoms with Crippen molar-refractivity contribution in [1.82, 2.24) is 24.3 Å². The van der Waals surface area contributed by atoms with Crippen LogP contribution in [-0.2, 0) is 19.5 Å². The van der Waals surface area contributed by atoms with Gasteiger partial charge in [-0.2, -0.15) is 15.5 Å². The quantitative estimate of drug-likeness (QED) is 0.665. The first-order valence-corrected chi connectivity index (χ1v) is 11.3. The van der Waals surface area contributed by atoms with E-state index >= 15 is 0 Å². The van der Waals surface area contributed by atoms with E-state index in [0.29, 0.717) is 30.3 Å². The van der Waals surface area contributed by atoms with E-state index in [2.05, 4.69) is 39.5 Å². The SMILES string of the molecule is C[C@@H]1CN(c2ccc(C#N)n3ncc(F)c23)Cc2c3c(nn21)CN(C1CCC1O)[C@@H](C)C3. The molecule has 1 aliphatic carbocycles. The molecule has 3 aromatic heterocycles. The van der Waals surface area contributed by atoms with Crippen molar-refractivity contribution in [2.75, 3.05) is 11.4 Å². The maximum Gasteiger partial charge on any atom is 0.171 e. The van der Waals surface area contributed by atoms with Crippen LogP contribution in [-0.4, -0.2) is 54.1 Å². The number of rotatable bonds is 2. The Kier molecular flexibility index (Phi) is 4.32. The van der Waals surface area contributed by atoms with E-state index in [1.165, 1.54) is 22.0 Å². The molecule has 2 unspecified atom stereocenters.